The van der Waals surface area contributed by atoms with Crippen molar-refractivity contribution in [2.45, 2.75) is 5.25 Å². The Bertz CT molecular complexity index is 128. The number of aliphatic imine (C=N–C) groups is 1. The Morgan fingerprint density at radius 1 is 2.00 bits per heavy atom. The summed E-state index contributed by atoms with van der Waals surface area (Å²) >= 11 is 6.52. The van der Waals surface area contributed by atoms with Crippen LogP contribution >= 0.6 is 23.4 Å². The van der Waals surface area contributed by atoms with E-state index in [0.29, 0.717) is 6.54 Å². The van der Waals surface area contributed by atoms with E-state index in [9.17, 15) is 4.79 Å². The van der Waals surface area contributed by atoms with Gasteiger partial charge in [-0.2, -0.15) is 0 Å². The molecule has 8 heavy (non-hydrogen) atoms. The van der Waals surface area contributed by atoms with E-state index in [1.165, 1.54) is 11.8 Å². The predicted octanol–water partition coefficient (Wildman–Crippen LogP) is 0.895. The fourth-order valence-corrected chi connectivity index (χ4v) is 1.25. The van der Waals surface area contributed by atoms with E-state index >= 15 is 0 Å². The minimum Gasteiger partial charge on any atom is -0.285 e. The molecule has 0 aromatic heterocycles. The molecule has 0 fully saturated rings. The first-order chi connectivity index (χ1) is 3.80. The van der Waals surface area contributed by atoms with E-state index in [2.05, 4.69) is 4.99 Å². The van der Waals surface area contributed by atoms with E-state index in [1.807, 2.05) is 0 Å². The largest absolute Gasteiger partial charge is 0.285 e. The first kappa shape index (κ1) is 6.11. The molecule has 1 heterocycles. The van der Waals surface area contributed by atoms with Gasteiger partial charge in [-0.1, -0.05) is 11.8 Å². The van der Waals surface area contributed by atoms with Crippen molar-refractivity contribution >= 4 is 34.2 Å². The lowest BCUT2D eigenvalue weighted by Crippen LogP contribution is -2.10. The maximum atomic E-state index is 10.3. The van der Waals surface area contributed by atoms with Gasteiger partial charge < -0.3 is 0 Å². The molecule has 0 bridgehead atoms. The Hall–Kier alpha value is -0.0200. The summed E-state index contributed by atoms with van der Waals surface area (Å²) in [6.45, 7) is 0.549. The third-order valence-electron chi connectivity index (χ3n) is 0.824. The molecule has 0 aliphatic carbocycles. The van der Waals surface area contributed by atoms with E-state index < -0.39 is 0 Å². The molecule has 0 saturated heterocycles. The number of halogens is 1. The van der Waals surface area contributed by atoms with E-state index in [4.69, 9.17) is 11.6 Å². The molecule has 0 aromatic carbocycles. The maximum absolute atomic E-state index is 10.3. The van der Waals surface area contributed by atoms with Crippen LogP contribution < -0.4 is 0 Å². The Kier molecular flexibility index (Phi) is 1.91. The quantitative estimate of drug-likeness (QED) is 0.519. The molecule has 0 spiro atoms. The molecular weight excluding hydrogens is 146 g/mol. The molecule has 2 nitrogen and oxygen atoms in total. The number of hydrogen-bond donors (Lipinski definition) is 0. The van der Waals surface area contributed by atoms with Crippen LogP contribution in [0.2, 0.25) is 0 Å². The molecule has 0 amide bonds. The number of hydrogen-bond acceptors (Lipinski definition) is 3. The highest BCUT2D eigenvalue weighted by atomic mass is 35.5. The second-order valence-corrected chi connectivity index (χ2v) is 2.82. The van der Waals surface area contributed by atoms with Gasteiger partial charge >= 0.3 is 0 Å². The van der Waals surface area contributed by atoms with Crippen LogP contribution in [0.4, 0.5) is 0 Å². The molecule has 1 unspecified atom stereocenters. The molecule has 1 atom stereocenters. The van der Waals surface area contributed by atoms with Crippen molar-refractivity contribution in [2.75, 3.05) is 6.54 Å². The smallest absolute Gasteiger partial charge is 0.236 e. The summed E-state index contributed by atoms with van der Waals surface area (Å²) in [5.74, 6) is 0. The first-order valence-corrected chi connectivity index (χ1v) is 3.46. The summed E-state index contributed by atoms with van der Waals surface area (Å²) in [6.07, 6.45) is 0. The maximum Gasteiger partial charge on any atom is 0.236 e. The molecular formula is C4H4ClNOS. The van der Waals surface area contributed by atoms with Crippen LogP contribution in [0.3, 0.4) is 0 Å². The number of carbonyl (C=O) groups is 1. The zero-order valence-electron chi connectivity index (χ0n) is 4.00. The molecule has 0 aromatic rings. The summed E-state index contributed by atoms with van der Waals surface area (Å²) < 4.78 is 0. The van der Waals surface area contributed by atoms with Crippen molar-refractivity contribution in [1.82, 2.24) is 0 Å². The van der Waals surface area contributed by atoms with Crippen molar-refractivity contribution in [3.63, 3.8) is 0 Å². The van der Waals surface area contributed by atoms with Crippen molar-refractivity contribution < 1.29 is 4.79 Å². The van der Waals surface area contributed by atoms with Crippen LogP contribution in [0.15, 0.2) is 4.99 Å². The minimum atomic E-state index is -0.299. The number of carbonyl (C=O) groups excluding carboxylic acids is 1. The van der Waals surface area contributed by atoms with Crippen molar-refractivity contribution in [3.8, 4) is 0 Å². The van der Waals surface area contributed by atoms with E-state index in [1.54, 1.807) is 5.55 Å². The molecule has 1 aliphatic heterocycles. The van der Waals surface area contributed by atoms with Gasteiger partial charge in [0.25, 0.3) is 0 Å². The Morgan fingerprint density at radius 3 is 3.00 bits per heavy atom. The molecule has 0 radical (unpaired) electrons. The van der Waals surface area contributed by atoms with Gasteiger partial charge in [-0.15, -0.1) is 0 Å². The topological polar surface area (TPSA) is 29.4 Å². The van der Waals surface area contributed by atoms with Crippen LogP contribution in [0.5, 0.6) is 0 Å². The summed E-state index contributed by atoms with van der Waals surface area (Å²) in [6, 6.07) is 0. The van der Waals surface area contributed by atoms with Gasteiger partial charge in [0.1, 0.15) is 5.25 Å². The van der Waals surface area contributed by atoms with E-state index in [0.717, 1.165) is 0 Å². The highest BCUT2D eigenvalue weighted by Crippen LogP contribution is 2.16. The summed E-state index contributed by atoms with van der Waals surface area (Å²) in [5, 5.41) is -0.413. The highest BCUT2D eigenvalue weighted by molar-refractivity contribution is 8.13. The van der Waals surface area contributed by atoms with Crippen LogP contribution in [0.25, 0.3) is 0 Å². The molecule has 1 aliphatic rings. The van der Waals surface area contributed by atoms with Crippen molar-refractivity contribution in [1.29, 1.82) is 0 Å². The molecule has 0 N–H and O–H groups in total. The fraction of sp³-hybridized carbons (Fsp3) is 0.500. The summed E-state index contributed by atoms with van der Waals surface area (Å²) in [7, 11) is 0. The number of thioether (sulfide) groups is 1. The monoisotopic (exact) mass is 149 g/mol. The predicted molar refractivity (Wildman–Crippen MR) is 35.6 cm³/mol. The molecule has 0 saturated carbocycles. The van der Waals surface area contributed by atoms with Gasteiger partial charge in [-0.3, -0.25) is 9.79 Å². The Labute approximate surface area is 56.3 Å². The highest BCUT2D eigenvalue weighted by Gasteiger charge is 2.18. The molecule has 1 rings (SSSR count). The van der Waals surface area contributed by atoms with Crippen molar-refractivity contribution in [3.05, 3.63) is 0 Å². The zero-order valence-corrected chi connectivity index (χ0v) is 5.58. The Balaban J connectivity index is 2.41. The van der Waals surface area contributed by atoms with Gasteiger partial charge in [0.2, 0.25) is 5.24 Å². The fourth-order valence-electron chi connectivity index (χ4n) is 0.424. The second-order valence-electron chi connectivity index (χ2n) is 1.40. The molecule has 44 valence electrons. The second kappa shape index (κ2) is 2.51. The lowest BCUT2D eigenvalue weighted by molar-refractivity contribution is -0.111. The lowest BCUT2D eigenvalue weighted by Gasteiger charge is -1.94. The third kappa shape index (κ3) is 1.23. The van der Waals surface area contributed by atoms with E-state index in [-0.39, 0.29) is 10.5 Å². The summed E-state index contributed by atoms with van der Waals surface area (Å²) in [5.41, 5.74) is 1.66. The van der Waals surface area contributed by atoms with Crippen LogP contribution in [-0.4, -0.2) is 22.6 Å². The normalized spacial score (nSPS) is 26.4. The number of nitrogens with zero attached hydrogens (tertiary/aromatic N) is 1. The van der Waals surface area contributed by atoms with Crippen LogP contribution in [0.1, 0.15) is 0 Å². The Morgan fingerprint density at radius 2 is 2.75 bits per heavy atom. The van der Waals surface area contributed by atoms with Gasteiger partial charge in [0.05, 0.1) is 12.1 Å². The van der Waals surface area contributed by atoms with Gasteiger partial charge in [-0.25, -0.2) is 0 Å². The average molecular weight is 150 g/mol. The first-order valence-electron chi connectivity index (χ1n) is 2.14. The number of rotatable bonds is 1. The van der Waals surface area contributed by atoms with Crippen LogP contribution in [-0.2, 0) is 4.79 Å². The van der Waals surface area contributed by atoms with Gasteiger partial charge in [0, 0.05) is 0 Å². The lowest BCUT2D eigenvalue weighted by atomic mass is 10.5. The average Bonchev–Trinajstić information content (AvgIpc) is 2.12. The van der Waals surface area contributed by atoms with Crippen LogP contribution in [0, 0.1) is 0 Å². The SMILES string of the molecule is O=C(Cl)C1CN=CS1. The third-order valence-corrected chi connectivity index (χ3v) is 2.18. The zero-order chi connectivity index (χ0) is 5.98. The molecule has 4 heteroatoms. The van der Waals surface area contributed by atoms with Gasteiger partial charge in [-0.05, 0) is 11.6 Å². The standard InChI is InChI=1S/C4H4ClNOS/c5-4(7)3-1-6-2-8-3/h2-3H,1H2. The minimum absolute atomic E-state index is 0.114. The van der Waals surface area contributed by atoms with Crippen molar-refractivity contribution in [2.24, 2.45) is 4.99 Å². The summed E-state index contributed by atoms with van der Waals surface area (Å²) in [4.78, 5) is 14.1. The van der Waals surface area contributed by atoms with Gasteiger partial charge in [0.15, 0.2) is 0 Å².